The highest BCUT2D eigenvalue weighted by Crippen LogP contribution is 2.19. The van der Waals surface area contributed by atoms with Crippen LogP contribution in [-0.4, -0.2) is 25.2 Å². The maximum absolute atomic E-state index is 12.4. The summed E-state index contributed by atoms with van der Waals surface area (Å²) in [6.45, 7) is 7.23. The molecule has 4 nitrogen and oxygen atoms in total. The van der Waals surface area contributed by atoms with E-state index in [1.54, 1.807) is 0 Å². The van der Waals surface area contributed by atoms with Gasteiger partial charge in [0.05, 0.1) is 6.61 Å². The largest absolute Gasteiger partial charge is 0.494 e. The number of carbonyl (C=O) groups excluding carboxylic acids is 1. The van der Waals surface area contributed by atoms with E-state index in [2.05, 4.69) is 17.4 Å². The molecule has 0 aliphatic heterocycles. The quantitative estimate of drug-likeness (QED) is 0.647. The highest BCUT2D eigenvalue weighted by Gasteiger charge is 2.18. The summed E-state index contributed by atoms with van der Waals surface area (Å²) in [6.07, 6.45) is 1.99. The Balaban J connectivity index is 1.75. The molecule has 0 bridgehead atoms. The lowest BCUT2D eigenvalue weighted by Crippen LogP contribution is -2.38. The molecule has 2 rings (SSSR count). The van der Waals surface area contributed by atoms with Gasteiger partial charge in [-0.3, -0.25) is 4.79 Å². The third kappa shape index (κ3) is 6.10. The van der Waals surface area contributed by atoms with E-state index in [9.17, 15) is 4.79 Å². The molecule has 1 atom stereocenters. The number of hydrogen-bond donors (Lipinski definition) is 1. The Kier molecular flexibility index (Phi) is 8.00. The first-order valence-electron chi connectivity index (χ1n) is 9.35. The van der Waals surface area contributed by atoms with Gasteiger partial charge in [0.15, 0.2) is 6.10 Å². The molecule has 26 heavy (non-hydrogen) atoms. The Morgan fingerprint density at radius 2 is 1.81 bits per heavy atom. The Hall–Kier alpha value is -2.49. The van der Waals surface area contributed by atoms with Crippen LogP contribution in [0.25, 0.3) is 0 Å². The fraction of sp³-hybridized carbons (Fsp3) is 0.409. The van der Waals surface area contributed by atoms with Gasteiger partial charge in [0.1, 0.15) is 11.5 Å². The van der Waals surface area contributed by atoms with Gasteiger partial charge >= 0.3 is 0 Å². The highest BCUT2D eigenvalue weighted by molar-refractivity contribution is 5.81. The van der Waals surface area contributed by atoms with Gasteiger partial charge in [-0.2, -0.15) is 0 Å². The third-order valence-electron chi connectivity index (χ3n) is 4.20. The number of carbonyl (C=O) groups is 1. The van der Waals surface area contributed by atoms with Crippen molar-refractivity contribution in [3.8, 4) is 11.5 Å². The van der Waals surface area contributed by atoms with Crippen LogP contribution < -0.4 is 14.8 Å². The number of benzene rings is 2. The molecule has 4 heteroatoms. The van der Waals surface area contributed by atoms with E-state index in [-0.39, 0.29) is 5.91 Å². The first-order chi connectivity index (χ1) is 12.6. The summed E-state index contributed by atoms with van der Waals surface area (Å²) in [6, 6.07) is 15.9. The summed E-state index contributed by atoms with van der Waals surface area (Å²) in [5.74, 6) is 1.61. The second kappa shape index (κ2) is 10.5. The maximum atomic E-state index is 12.4. The minimum atomic E-state index is -0.457. The summed E-state index contributed by atoms with van der Waals surface area (Å²) in [5, 5.41) is 2.99. The number of amides is 1. The van der Waals surface area contributed by atoms with Crippen molar-refractivity contribution in [2.45, 2.75) is 46.1 Å². The van der Waals surface area contributed by atoms with Gasteiger partial charge in [-0.1, -0.05) is 37.3 Å². The first-order valence-corrected chi connectivity index (χ1v) is 9.35. The van der Waals surface area contributed by atoms with Crippen LogP contribution in [0.5, 0.6) is 11.5 Å². The molecule has 0 heterocycles. The predicted molar refractivity (Wildman–Crippen MR) is 105 cm³/mol. The molecule has 1 amide bonds. The van der Waals surface area contributed by atoms with Gasteiger partial charge in [0.2, 0.25) is 0 Å². The first kappa shape index (κ1) is 19.8. The molecule has 0 saturated carbocycles. The van der Waals surface area contributed by atoms with Crippen molar-refractivity contribution in [1.82, 2.24) is 5.32 Å². The molecule has 2 aromatic rings. The van der Waals surface area contributed by atoms with E-state index in [0.29, 0.717) is 19.6 Å². The predicted octanol–water partition coefficient (Wildman–Crippen LogP) is 4.30. The van der Waals surface area contributed by atoms with Crippen LogP contribution in [0.4, 0.5) is 0 Å². The normalized spacial score (nSPS) is 11.7. The number of aryl methyl sites for hydroxylation is 2. The van der Waals surface area contributed by atoms with E-state index in [1.165, 1.54) is 5.56 Å². The van der Waals surface area contributed by atoms with E-state index in [0.717, 1.165) is 29.9 Å². The van der Waals surface area contributed by atoms with Crippen molar-refractivity contribution in [3.05, 3.63) is 59.7 Å². The van der Waals surface area contributed by atoms with Gasteiger partial charge in [0, 0.05) is 6.54 Å². The summed E-state index contributed by atoms with van der Waals surface area (Å²) < 4.78 is 11.3. The molecule has 0 saturated heterocycles. The van der Waals surface area contributed by atoms with E-state index >= 15 is 0 Å². The van der Waals surface area contributed by atoms with Crippen molar-refractivity contribution < 1.29 is 14.3 Å². The number of nitrogens with one attached hydrogen (secondary N) is 1. The minimum absolute atomic E-state index is 0.0533. The second-order valence-corrected chi connectivity index (χ2v) is 6.25. The minimum Gasteiger partial charge on any atom is -0.494 e. The van der Waals surface area contributed by atoms with Gasteiger partial charge < -0.3 is 14.8 Å². The molecule has 2 aromatic carbocycles. The van der Waals surface area contributed by atoms with E-state index < -0.39 is 6.10 Å². The lowest BCUT2D eigenvalue weighted by atomic mass is 10.1. The monoisotopic (exact) mass is 355 g/mol. The lowest BCUT2D eigenvalue weighted by Gasteiger charge is -2.18. The van der Waals surface area contributed by atoms with Crippen LogP contribution in [-0.2, 0) is 11.2 Å². The average molecular weight is 355 g/mol. The molecule has 0 aliphatic carbocycles. The number of rotatable bonds is 10. The Bertz CT molecular complexity index is 682. The molecule has 0 fully saturated rings. The van der Waals surface area contributed by atoms with Crippen molar-refractivity contribution in [3.63, 3.8) is 0 Å². The van der Waals surface area contributed by atoms with Crippen LogP contribution in [0.3, 0.4) is 0 Å². The zero-order valence-corrected chi connectivity index (χ0v) is 16.0. The second-order valence-electron chi connectivity index (χ2n) is 6.25. The molecule has 140 valence electrons. The van der Waals surface area contributed by atoms with Crippen LogP contribution >= 0.6 is 0 Å². The van der Waals surface area contributed by atoms with Crippen LogP contribution in [0, 0.1) is 6.92 Å². The molecule has 0 aromatic heterocycles. The highest BCUT2D eigenvalue weighted by atomic mass is 16.5. The number of hydrogen-bond acceptors (Lipinski definition) is 3. The standard InChI is InChI=1S/C22H29NO3/c1-4-20(26-21-11-7-6-9-17(21)3)22(24)23-16-8-10-18-12-14-19(15-13-18)25-5-2/h6-7,9,11-15,20H,4-5,8,10,16H2,1-3H3,(H,23,24). The average Bonchev–Trinajstić information content (AvgIpc) is 2.66. The van der Waals surface area contributed by atoms with Crippen molar-refractivity contribution >= 4 is 5.91 Å². The van der Waals surface area contributed by atoms with Crippen LogP contribution in [0.1, 0.15) is 37.8 Å². The van der Waals surface area contributed by atoms with E-state index in [1.807, 2.05) is 57.2 Å². The lowest BCUT2D eigenvalue weighted by molar-refractivity contribution is -0.128. The van der Waals surface area contributed by atoms with Gasteiger partial charge in [-0.15, -0.1) is 0 Å². The van der Waals surface area contributed by atoms with Gasteiger partial charge in [-0.25, -0.2) is 0 Å². The zero-order valence-electron chi connectivity index (χ0n) is 16.0. The third-order valence-corrected chi connectivity index (χ3v) is 4.20. The Morgan fingerprint density at radius 1 is 1.08 bits per heavy atom. The molecule has 1 unspecified atom stereocenters. The molecular formula is C22H29NO3. The fourth-order valence-electron chi connectivity index (χ4n) is 2.70. The maximum Gasteiger partial charge on any atom is 0.261 e. The smallest absolute Gasteiger partial charge is 0.261 e. The fourth-order valence-corrected chi connectivity index (χ4v) is 2.70. The number of para-hydroxylation sites is 1. The molecule has 0 spiro atoms. The van der Waals surface area contributed by atoms with Crippen LogP contribution in [0.15, 0.2) is 48.5 Å². The summed E-state index contributed by atoms with van der Waals surface area (Å²) in [5.41, 5.74) is 2.28. The van der Waals surface area contributed by atoms with Crippen molar-refractivity contribution in [2.24, 2.45) is 0 Å². The topological polar surface area (TPSA) is 47.6 Å². The summed E-state index contributed by atoms with van der Waals surface area (Å²) >= 11 is 0. The van der Waals surface area contributed by atoms with E-state index in [4.69, 9.17) is 9.47 Å². The molecule has 0 aliphatic rings. The van der Waals surface area contributed by atoms with Gasteiger partial charge in [0.25, 0.3) is 5.91 Å². The van der Waals surface area contributed by atoms with Crippen molar-refractivity contribution in [1.29, 1.82) is 0 Å². The summed E-state index contributed by atoms with van der Waals surface area (Å²) in [4.78, 5) is 12.4. The molecule has 1 N–H and O–H groups in total. The van der Waals surface area contributed by atoms with Crippen molar-refractivity contribution in [2.75, 3.05) is 13.2 Å². The SMILES string of the molecule is CCOc1ccc(CCCNC(=O)C(CC)Oc2ccccc2C)cc1. The van der Waals surface area contributed by atoms with Gasteiger partial charge in [-0.05, 0) is 62.4 Å². The molecule has 0 radical (unpaired) electrons. The Labute approximate surface area is 156 Å². The zero-order chi connectivity index (χ0) is 18.8. The Morgan fingerprint density at radius 3 is 2.46 bits per heavy atom. The molecular weight excluding hydrogens is 326 g/mol. The summed E-state index contributed by atoms with van der Waals surface area (Å²) in [7, 11) is 0. The number of ether oxygens (including phenoxy) is 2. The van der Waals surface area contributed by atoms with Crippen LogP contribution in [0.2, 0.25) is 0 Å².